The summed E-state index contributed by atoms with van der Waals surface area (Å²) in [5.74, 6) is -0.101. The molecule has 6 heteroatoms. The van der Waals surface area contributed by atoms with E-state index >= 15 is 0 Å². The summed E-state index contributed by atoms with van der Waals surface area (Å²) in [6, 6.07) is 9.06. The summed E-state index contributed by atoms with van der Waals surface area (Å²) < 4.78 is 25.3. The highest BCUT2D eigenvalue weighted by molar-refractivity contribution is 5.55. The molecular weight excluding hydrogens is 333 g/mol. The number of rotatable bonds is 6. The monoisotopic (exact) mass is 355 g/mol. The SMILES string of the molecule is CCCCCC1COC(c2ccc(-c3ncc(C#N)c(F)n3)cc2)OC1. The van der Waals surface area contributed by atoms with Gasteiger partial charge >= 0.3 is 0 Å². The Morgan fingerprint density at radius 1 is 1.19 bits per heavy atom. The highest BCUT2D eigenvalue weighted by atomic mass is 19.1. The second kappa shape index (κ2) is 8.84. The number of nitrogens with zero attached hydrogens (tertiary/aromatic N) is 3. The highest BCUT2D eigenvalue weighted by Crippen LogP contribution is 2.28. The Morgan fingerprint density at radius 2 is 1.92 bits per heavy atom. The van der Waals surface area contributed by atoms with E-state index in [0.29, 0.717) is 24.7 Å². The predicted molar refractivity (Wildman–Crippen MR) is 94.4 cm³/mol. The van der Waals surface area contributed by atoms with E-state index < -0.39 is 5.95 Å². The van der Waals surface area contributed by atoms with E-state index in [1.807, 2.05) is 12.1 Å². The Hall–Kier alpha value is -2.36. The summed E-state index contributed by atoms with van der Waals surface area (Å²) in [5, 5.41) is 8.74. The molecule has 2 heterocycles. The molecule has 0 bridgehead atoms. The van der Waals surface area contributed by atoms with Gasteiger partial charge in [0.15, 0.2) is 12.1 Å². The molecular formula is C20H22FN3O2. The lowest BCUT2D eigenvalue weighted by atomic mass is 10.0. The van der Waals surface area contributed by atoms with Gasteiger partial charge < -0.3 is 9.47 Å². The Morgan fingerprint density at radius 3 is 2.54 bits per heavy atom. The maximum absolute atomic E-state index is 13.6. The van der Waals surface area contributed by atoms with Crippen LogP contribution in [0.15, 0.2) is 30.5 Å². The van der Waals surface area contributed by atoms with Crippen molar-refractivity contribution in [1.29, 1.82) is 5.26 Å². The first kappa shape index (κ1) is 18.4. The number of aromatic nitrogens is 2. The van der Waals surface area contributed by atoms with Crippen molar-refractivity contribution in [2.24, 2.45) is 5.92 Å². The molecule has 0 unspecified atom stereocenters. The van der Waals surface area contributed by atoms with Crippen molar-refractivity contribution < 1.29 is 13.9 Å². The van der Waals surface area contributed by atoms with Gasteiger partial charge in [-0.15, -0.1) is 0 Å². The molecule has 0 N–H and O–H groups in total. The topological polar surface area (TPSA) is 68.0 Å². The fourth-order valence-corrected chi connectivity index (χ4v) is 2.95. The van der Waals surface area contributed by atoms with Crippen molar-refractivity contribution in [3.8, 4) is 17.5 Å². The zero-order valence-corrected chi connectivity index (χ0v) is 14.8. The first-order valence-corrected chi connectivity index (χ1v) is 8.97. The van der Waals surface area contributed by atoms with Gasteiger partial charge in [-0.2, -0.15) is 14.6 Å². The standard InChI is InChI=1S/C20H22FN3O2/c1-2-3-4-5-14-12-25-20(26-13-14)16-8-6-15(7-9-16)19-23-11-17(10-22)18(21)24-19/h6-9,11,14,20H,2-5,12-13H2,1H3. The molecule has 0 atom stereocenters. The third kappa shape index (κ3) is 4.43. The summed E-state index contributed by atoms with van der Waals surface area (Å²) >= 11 is 0. The summed E-state index contributed by atoms with van der Waals surface area (Å²) in [6.07, 6.45) is 5.65. The van der Waals surface area contributed by atoms with E-state index in [2.05, 4.69) is 16.9 Å². The quantitative estimate of drug-likeness (QED) is 0.567. The van der Waals surface area contributed by atoms with Crippen LogP contribution in [0.5, 0.6) is 0 Å². The fourth-order valence-electron chi connectivity index (χ4n) is 2.95. The lowest BCUT2D eigenvalue weighted by Gasteiger charge is -2.29. The molecule has 1 fully saturated rings. The zero-order chi connectivity index (χ0) is 18.4. The van der Waals surface area contributed by atoms with Crippen LogP contribution >= 0.6 is 0 Å². The molecule has 0 aliphatic carbocycles. The van der Waals surface area contributed by atoms with E-state index in [9.17, 15) is 4.39 Å². The Kier molecular flexibility index (Phi) is 6.26. The van der Waals surface area contributed by atoms with Gasteiger partial charge in [-0.05, 0) is 6.42 Å². The first-order valence-electron chi connectivity index (χ1n) is 8.97. The number of nitriles is 1. The second-order valence-corrected chi connectivity index (χ2v) is 6.49. The van der Waals surface area contributed by atoms with Crippen molar-refractivity contribution in [2.75, 3.05) is 13.2 Å². The maximum Gasteiger partial charge on any atom is 0.234 e. The van der Waals surface area contributed by atoms with E-state index in [1.165, 1.54) is 25.5 Å². The number of hydrogen-bond acceptors (Lipinski definition) is 5. The predicted octanol–water partition coefficient (Wildman–Crippen LogP) is 4.40. The average Bonchev–Trinajstić information content (AvgIpc) is 2.69. The lowest BCUT2D eigenvalue weighted by molar-refractivity contribution is -0.206. The largest absolute Gasteiger partial charge is 0.348 e. The van der Waals surface area contributed by atoms with Gasteiger partial charge in [0.2, 0.25) is 5.95 Å². The average molecular weight is 355 g/mol. The molecule has 1 aromatic heterocycles. The molecule has 136 valence electrons. The highest BCUT2D eigenvalue weighted by Gasteiger charge is 2.23. The van der Waals surface area contributed by atoms with Crippen LogP contribution in [0.25, 0.3) is 11.4 Å². The Balaban J connectivity index is 1.60. The summed E-state index contributed by atoms with van der Waals surface area (Å²) in [6.45, 7) is 3.62. The van der Waals surface area contributed by atoms with Crippen molar-refractivity contribution >= 4 is 0 Å². The number of unbranched alkanes of at least 4 members (excludes halogenated alkanes) is 2. The van der Waals surface area contributed by atoms with Gasteiger partial charge in [0.1, 0.15) is 11.6 Å². The van der Waals surface area contributed by atoms with Gasteiger partial charge in [-0.25, -0.2) is 4.98 Å². The third-order valence-corrected chi connectivity index (χ3v) is 4.49. The van der Waals surface area contributed by atoms with Crippen LogP contribution in [0.3, 0.4) is 0 Å². The van der Waals surface area contributed by atoms with E-state index in [-0.39, 0.29) is 17.7 Å². The van der Waals surface area contributed by atoms with Gasteiger partial charge in [0.05, 0.1) is 19.4 Å². The summed E-state index contributed by atoms with van der Waals surface area (Å²) in [5.41, 5.74) is 1.42. The summed E-state index contributed by atoms with van der Waals surface area (Å²) in [7, 11) is 0. The molecule has 1 aliphatic rings. The van der Waals surface area contributed by atoms with Crippen LogP contribution in [-0.2, 0) is 9.47 Å². The fraction of sp³-hybridized carbons (Fsp3) is 0.450. The normalized spacial score (nSPS) is 19.9. The Labute approximate surface area is 152 Å². The van der Waals surface area contributed by atoms with Crippen molar-refractivity contribution in [3.63, 3.8) is 0 Å². The van der Waals surface area contributed by atoms with Crippen LogP contribution < -0.4 is 0 Å². The molecule has 1 saturated heterocycles. The van der Waals surface area contributed by atoms with E-state index in [1.54, 1.807) is 18.2 Å². The van der Waals surface area contributed by atoms with Crippen molar-refractivity contribution in [2.45, 2.75) is 38.9 Å². The molecule has 1 aliphatic heterocycles. The van der Waals surface area contributed by atoms with Crippen LogP contribution in [0.2, 0.25) is 0 Å². The molecule has 0 spiro atoms. The van der Waals surface area contributed by atoms with Crippen LogP contribution in [-0.4, -0.2) is 23.2 Å². The van der Waals surface area contributed by atoms with Gasteiger partial charge in [0, 0.05) is 17.0 Å². The molecule has 2 aromatic rings. The minimum atomic E-state index is -0.811. The minimum Gasteiger partial charge on any atom is -0.348 e. The molecule has 26 heavy (non-hydrogen) atoms. The molecule has 3 rings (SSSR count). The van der Waals surface area contributed by atoms with E-state index in [4.69, 9.17) is 14.7 Å². The maximum atomic E-state index is 13.6. The second-order valence-electron chi connectivity index (χ2n) is 6.49. The van der Waals surface area contributed by atoms with Crippen molar-refractivity contribution in [1.82, 2.24) is 9.97 Å². The lowest BCUT2D eigenvalue weighted by Crippen LogP contribution is -2.27. The third-order valence-electron chi connectivity index (χ3n) is 4.49. The molecule has 0 amide bonds. The number of ether oxygens (including phenoxy) is 2. The molecule has 0 saturated carbocycles. The summed E-state index contributed by atoms with van der Waals surface area (Å²) in [4.78, 5) is 7.77. The Bertz CT molecular complexity index is 766. The van der Waals surface area contributed by atoms with Gasteiger partial charge in [-0.3, -0.25) is 0 Å². The number of hydrogen-bond donors (Lipinski definition) is 0. The molecule has 1 aromatic carbocycles. The number of benzene rings is 1. The smallest absolute Gasteiger partial charge is 0.234 e. The molecule has 0 radical (unpaired) electrons. The van der Waals surface area contributed by atoms with Crippen molar-refractivity contribution in [3.05, 3.63) is 47.5 Å². The van der Waals surface area contributed by atoms with E-state index in [0.717, 1.165) is 12.0 Å². The first-order chi connectivity index (χ1) is 12.7. The van der Waals surface area contributed by atoms with Crippen LogP contribution in [0.4, 0.5) is 4.39 Å². The van der Waals surface area contributed by atoms with Gasteiger partial charge in [-0.1, -0.05) is 50.5 Å². The minimum absolute atomic E-state index is 0.164. The van der Waals surface area contributed by atoms with Crippen LogP contribution in [0.1, 0.15) is 50.0 Å². The zero-order valence-electron chi connectivity index (χ0n) is 14.8. The van der Waals surface area contributed by atoms with Gasteiger partial charge in [0.25, 0.3) is 0 Å². The number of halogens is 1. The molecule has 5 nitrogen and oxygen atoms in total. The van der Waals surface area contributed by atoms with Crippen LogP contribution in [0, 0.1) is 23.2 Å².